The standard InChI is InChI=1S/C18H16N2S/c1-14(21-13-16-5-3-2-4-6-16)17(12-19)11-15-7-9-18(20)10-8-15/h2-11H,1,13,20H2/b17-11+. The first-order chi connectivity index (χ1) is 10.2. The van der Waals surface area contributed by atoms with Gasteiger partial charge in [-0.25, -0.2) is 0 Å². The molecule has 2 aromatic carbocycles. The molecule has 2 N–H and O–H groups in total. The van der Waals surface area contributed by atoms with Crippen molar-refractivity contribution in [3.63, 3.8) is 0 Å². The fraction of sp³-hybridized carbons (Fsp3) is 0.0556. The molecule has 0 aliphatic heterocycles. The van der Waals surface area contributed by atoms with E-state index in [0.717, 1.165) is 16.2 Å². The summed E-state index contributed by atoms with van der Waals surface area (Å²) in [6, 6.07) is 19.8. The molecule has 2 rings (SSSR count). The molecule has 0 atom stereocenters. The quantitative estimate of drug-likeness (QED) is 0.497. The summed E-state index contributed by atoms with van der Waals surface area (Å²) in [4.78, 5) is 0.776. The van der Waals surface area contributed by atoms with Gasteiger partial charge in [0.2, 0.25) is 0 Å². The summed E-state index contributed by atoms with van der Waals surface area (Å²) in [7, 11) is 0. The van der Waals surface area contributed by atoms with Crippen LogP contribution in [0.15, 0.2) is 71.7 Å². The maximum absolute atomic E-state index is 9.29. The Kier molecular flexibility index (Phi) is 5.25. The van der Waals surface area contributed by atoms with E-state index in [-0.39, 0.29) is 0 Å². The van der Waals surface area contributed by atoms with Crippen molar-refractivity contribution in [2.75, 3.05) is 5.73 Å². The van der Waals surface area contributed by atoms with Crippen molar-refractivity contribution in [2.45, 2.75) is 5.75 Å². The van der Waals surface area contributed by atoms with Crippen LogP contribution >= 0.6 is 11.8 Å². The third kappa shape index (κ3) is 4.55. The minimum absolute atomic E-state index is 0.584. The molecule has 0 heterocycles. The highest BCUT2D eigenvalue weighted by Gasteiger charge is 2.04. The Morgan fingerprint density at radius 2 is 1.81 bits per heavy atom. The SMILES string of the molecule is C=C(SCc1ccccc1)/C(C#N)=C/c1ccc(N)cc1. The number of hydrogen-bond acceptors (Lipinski definition) is 3. The molecule has 0 aliphatic rings. The summed E-state index contributed by atoms with van der Waals surface area (Å²) < 4.78 is 0. The van der Waals surface area contributed by atoms with Gasteiger partial charge in [0.15, 0.2) is 0 Å². The molecule has 0 bridgehead atoms. The average Bonchev–Trinajstić information content (AvgIpc) is 2.53. The number of anilines is 1. The van der Waals surface area contributed by atoms with Gasteiger partial charge in [0.05, 0.1) is 5.57 Å². The molecular formula is C18H16N2S. The Morgan fingerprint density at radius 3 is 2.43 bits per heavy atom. The van der Waals surface area contributed by atoms with E-state index in [0.29, 0.717) is 11.3 Å². The van der Waals surface area contributed by atoms with Crippen LogP contribution < -0.4 is 5.73 Å². The summed E-state index contributed by atoms with van der Waals surface area (Å²) in [5.41, 5.74) is 9.11. The zero-order chi connectivity index (χ0) is 15.1. The van der Waals surface area contributed by atoms with Crippen LogP contribution in [0.1, 0.15) is 11.1 Å². The van der Waals surface area contributed by atoms with Crippen LogP contribution in [0.5, 0.6) is 0 Å². The van der Waals surface area contributed by atoms with Gasteiger partial charge < -0.3 is 5.73 Å². The van der Waals surface area contributed by atoms with Crippen LogP contribution in [0.3, 0.4) is 0 Å². The number of nitriles is 1. The van der Waals surface area contributed by atoms with Crippen LogP contribution in [0.4, 0.5) is 5.69 Å². The molecule has 3 heteroatoms. The minimum atomic E-state index is 0.584. The molecule has 0 saturated heterocycles. The van der Waals surface area contributed by atoms with E-state index >= 15 is 0 Å². The van der Waals surface area contributed by atoms with Crippen molar-refractivity contribution >= 4 is 23.5 Å². The molecule has 0 unspecified atom stereocenters. The van der Waals surface area contributed by atoms with Crippen molar-refractivity contribution in [3.8, 4) is 6.07 Å². The maximum Gasteiger partial charge on any atom is 0.100 e. The summed E-state index contributed by atoms with van der Waals surface area (Å²) in [6.07, 6.45) is 1.83. The molecule has 0 saturated carbocycles. The van der Waals surface area contributed by atoms with Crippen LogP contribution in [-0.2, 0) is 5.75 Å². The molecule has 0 radical (unpaired) electrons. The Morgan fingerprint density at radius 1 is 1.14 bits per heavy atom. The van der Waals surface area contributed by atoms with Crippen molar-refractivity contribution in [3.05, 3.63) is 82.8 Å². The second-order valence-corrected chi connectivity index (χ2v) is 5.60. The topological polar surface area (TPSA) is 49.8 Å². The van der Waals surface area contributed by atoms with Crippen molar-refractivity contribution in [1.29, 1.82) is 5.26 Å². The molecule has 0 spiro atoms. The Bertz CT molecular complexity index is 679. The summed E-state index contributed by atoms with van der Waals surface area (Å²) in [6.45, 7) is 4.00. The molecule has 0 fully saturated rings. The number of allylic oxidation sites excluding steroid dienone is 1. The lowest BCUT2D eigenvalue weighted by Crippen LogP contribution is -1.86. The first kappa shape index (κ1) is 15.0. The van der Waals surface area contributed by atoms with Gasteiger partial charge in [-0.3, -0.25) is 0 Å². The number of nitrogen functional groups attached to an aromatic ring is 1. The number of hydrogen-bond donors (Lipinski definition) is 1. The number of thioether (sulfide) groups is 1. The van der Waals surface area contributed by atoms with Gasteiger partial charge in [-0.15, -0.1) is 11.8 Å². The number of benzene rings is 2. The maximum atomic E-state index is 9.29. The lowest BCUT2D eigenvalue weighted by atomic mass is 10.1. The predicted octanol–water partition coefficient (Wildman–Crippen LogP) is 4.62. The summed E-state index contributed by atoms with van der Waals surface area (Å²) in [5, 5.41) is 9.29. The van der Waals surface area contributed by atoms with E-state index in [4.69, 9.17) is 5.73 Å². The van der Waals surface area contributed by atoms with Gasteiger partial charge in [-0.2, -0.15) is 5.26 Å². The summed E-state index contributed by atoms with van der Waals surface area (Å²) in [5.74, 6) is 0.806. The van der Waals surface area contributed by atoms with E-state index in [9.17, 15) is 5.26 Å². The van der Waals surface area contributed by atoms with Gasteiger partial charge >= 0.3 is 0 Å². The highest BCUT2D eigenvalue weighted by atomic mass is 32.2. The van der Waals surface area contributed by atoms with E-state index in [1.54, 1.807) is 11.8 Å². The second-order valence-electron chi connectivity index (χ2n) is 4.53. The van der Waals surface area contributed by atoms with E-state index in [1.807, 2.05) is 48.5 Å². The molecular weight excluding hydrogens is 276 g/mol. The number of nitrogens with two attached hydrogens (primary N) is 1. The normalized spacial score (nSPS) is 10.9. The zero-order valence-corrected chi connectivity index (χ0v) is 12.4. The van der Waals surface area contributed by atoms with Crippen molar-refractivity contribution in [2.24, 2.45) is 0 Å². The predicted molar refractivity (Wildman–Crippen MR) is 91.3 cm³/mol. The number of nitrogens with zero attached hydrogens (tertiary/aromatic N) is 1. The molecule has 0 amide bonds. The van der Waals surface area contributed by atoms with Crippen LogP contribution in [-0.4, -0.2) is 0 Å². The van der Waals surface area contributed by atoms with Crippen LogP contribution in [0.25, 0.3) is 6.08 Å². The van der Waals surface area contributed by atoms with Crippen LogP contribution in [0, 0.1) is 11.3 Å². The second kappa shape index (κ2) is 7.37. The van der Waals surface area contributed by atoms with Gasteiger partial charge in [0, 0.05) is 16.3 Å². The fourth-order valence-electron chi connectivity index (χ4n) is 1.76. The lowest BCUT2D eigenvalue weighted by molar-refractivity contribution is 1.42. The smallest absolute Gasteiger partial charge is 0.100 e. The highest BCUT2D eigenvalue weighted by Crippen LogP contribution is 2.27. The molecule has 0 aromatic heterocycles. The monoisotopic (exact) mass is 292 g/mol. The lowest BCUT2D eigenvalue weighted by Gasteiger charge is -2.05. The highest BCUT2D eigenvalue weighted by molar-refractivity contribution is 8.02. The van der Waals surface area contributed by atoms with Crippen molar-refractivity contribution < 1.29 is 0 Å². The molecule has 0 aliphatic carbocycles. The molecule has 104 valence electrons. The van der Waals surface area contributed by atoms with E-state index in [2.05, 4.69) is 24.8 Å². The minimum Gasteiger partial charge on any atom is -0.399 e. The summed E-state index contributed by atoms with van der Waals surface area (Å²) >= 11 is 1.57. The largest absolute Gasteiger partial charge is 0.399 e. The van der Waals surface area contributed by atoms with Gasteiger partial charge in [-0.1, -0.05) is 49.0 Å². The first-order valence-electron chi connectivity index (χ1n) is 6.52. The fourth-order valence-corrected chi connectivity index (χ4v) is 2.55. The van der Waals surface area contributed by atoms with Crippen molar-refractivity contribution in [1.82, 2.24) is 0 Å². The average molecular weight is 292 g/mol. The van der Waals surface area contributed by atoms with Gasteiger partial charge in [0.25, 0.3) is 0 Å². The zero-order valence-electron chi connectivity index (χ0n) is 11.6. The van der Waals surface area contributed by atoms with E-state index < -0.39 is 0 Å². The third-order valence-corrected chi connectivity index (χ3v) is 3.97. The van der Waals surface area contributed by atoms with E-state index in [1.165, 1.54) is 5.56 Å². The third-order valence-electron chi connectivity index (χ3n) is 2.92. The van der Waals surface area contributed by atoms with Gasteiger partial charge in [-0.05, 0) is 29.3 Å². The van der Waals surface area contributed by atoms with Gasteiger partial charge in [0.1, 0.15) is 6.07 Å². The number of rotatable bonds is 5. The Balaban J connectivity index is 2.05. The molecule has 2 nitrogen and oxygen atoms in total. The first-order valence-corrected chi connectivity index (χ1v) is 7.51. The molecule has 2 aromatic rings. The Labute approximate surface area is 129 Å². The van der Waals surface area contributed by atoms with Crippen LogP contribution in [0.2, 0.25) is 0 Å². The molecule has 21 heavy (non-hydrogen) atoms. The Hall–Kier alpha value is -2.44.